The molecular weight excluding hydrogens is 356 g/mol. The summed E-state index contributed by atoms with van der Waals surface area (Å²) in [6, 6.07) is 1.12. The van der Waals surface area contributed by atoms with Gasteiger partial charge in [0, 0.05) is 6.20 Å². The highest BCUT2D eigenvalue weighted by atomic mass is 32.1. The Kier molecular flexibility index (Phi) is 5.62. The van der Waals surface area contributed by atoms with Crippen molar-refractivity contribution in [1.82, 2.24) is 9.78 Å². The van der Waals surface area contributed by atoms with Gasteiger partial charge in [-0.3, -0.25) is 9.59 Å². The van der Waals surface area contributed by atoms with Gasteiger partial charge in [0.05, 0.1) is 17.0 Å². The van der Waals surface area contributed by atoms with Crippen molar-refractivity contribution < 1.29 is 27.9 Å². The number of halogens is 2. The summed E-state index contributed by atoms with van der Waals surface area (Å²) in [4.78, 5) is 36.4. The molecule has 0 aliphatic heterocycles. The molecule has 7 nitrogen and oxygen atoms in total. The molecule has 0 bridgehead atoms. The van der Waals surface area contributed by atoms with Crippen molar-refractivity contribution in [3.05, 3.63) is 34.0 Å². The summed E-state index contributed by atoms with van der Waals surface area (Å²) in [5.74, 6) is -1.87. The van der Waals surface area contributed by atoms with E-state index in [0.717, 1.165) is 23.6 Å². The van der Waals surface area contributed by atoms with E-state index < -0.39 is 18.4 Å². The van der Waals surface area contributed by atoms with E-state index in [-0.39, 0.29) is 38.2 Å². The summed E-state index contributed by atoms with van der Waals surface area (Å²) in [6.45, 7) is 1.61. The lowest BCUT2D eigenvalue weighted by Gasteiger charge is -2.08. The molecule has 0 saturated carbocycles. The van der Waals surface area contributed by atoms with Crippen LogP contribution in [0.2, 0.25) is 0 Å². The molecule has 0 aliphatic carbocycles. The number of esters is 1. The Morgan fingerprint density at radius 1 is 1.40 bits per heavy atom. The van der Waals surface area contributed by atoms with Gasteiger partial charge >= 0.3 is 12.5 Å². The molecule has 2 rings (SSSR count). The van der Waals surface area contributed by atoms with E-state index in [1.54, 1.807) is 13.8 Å². The summed E-state index contributed by atoms with van der Waals surface area (Å²) in [6.07, 6.45) is 1.06. The Morgan fingerprint density at radius 3 is 2.64 bits per heavy atom. The van der Waals surface area contributed by atoms with Crippen LogP contribution in [0.15, 0.2) is 12.3 Å². The molecule has 0 saturated heterocycles. The van der Waals surface area contributed by atoms with E-state index >= 15 is 0 Å². The zero-order valence-corrected chi connectivity index (χ0v) is 14.4. The number of carbonyl (C=O) groups is 3. The predicted octanol–water partition coefficient (Wildman–Crippen LogP) is 3.28. The monoisotopic (exact) mass is 371 g/mol. The molecule has 134 valence electrons. The second-order valence-corrected chi connectivity index (χ2v) is 5.95. The molecule has 0 atom stereocenters. The van der Waals surface area contributed by atoms with Crippen molar-refractivity contribution >= 4 is 34.0 Å². The molecule has 2 heterocycles. The van der Waals surface area contributed by atoms with Crippen molar-refractivity contribution in [3.8, 4) is 0 Å². The maximum Gasteiger partial charge on any atom is 0.341 e. The van der Waals surface area contributed by atoms with Crippen LogP contribution in [-0.4, -0.2) is 34.0 Å². The highest BCUT2D eigenvalue weighted by Gasteiger charge is 2.27. The van der Waals surface area contributed by atoms with Crippen molar-refractivity contribution in [3.63, 3.8) is 0 Å². The lowest BCUT2D eigenvalue weighted by atomic mass is 10.1. The molecule has 0 spiro atoms. The van der Waals surface area contributed by atoms with Crippen LogP contribution >= 0.6 is 11.3 Å². The number of anilines is 1. The fourth-order valence-electron chi connectivity index (χ4n) is 2.20. The molecule has 10 heteroatoms. The minimum atomic E-state index is -2.99. The first-order valence-electron chi connectivity index (χ1n) is 7.22. The third kappa shape index (κ3) is 3.73. The van der Waals surface area contributed by atoms with Crippen molar-refractivity contribution in [1.29, 1.82) is 0 Å². The summed E-state index contributed by atoms with van der Waals surface area (Å²) in [5, 5.41) is 5.84. The number of amides is 1. The first-order chi connectivity index (χ1) is 11.8. The minimum Gasteiger partial charge on any atom is -0.462 e. The number of aromatic nitrogens is 2. The smallest absolute Gasteiger partial charge is 0.341 e. The van der Waals surface area contributed by atoms with Crippen LogP contribution < -0.4 is 5.32 Å². The van der Waals surface area contributed by atoms with Crippen LogP contribution in [0, 0.1) is 6.92 Å². The lowest BCUT2D eigenvalue weighted by Crippen LogP contribution is -2.19. The number of thiophene rings is 1. The number of ketones is 1. The zero-order chi connectivity index (χ0) is 18.7. The second kappa shape index (κ2) is 7.51. The molecule has 0 aromatic carbocycles. The van der Waals surface area contributed by atoms with Crippen LogP contribution in [0.1, 0.15) is 56.5 Å². The molecular formula is C15H15F2N3O4S. The van der Waals surface area contributed by atoms with Crippen LogP contribution in [-0.2, 0) is 4.74 Å². The molecule has 1 amide bonds. The Labute approximate surface area is 145 Å². The second-order valence-electron chi connectivity index (χ2n) is 4.93. The predicted molar refractivity (Wildman–Crippen MR) is 86.5 cm³/mol. The summed E-state index contributed by atoms with van der Waals surface area (Å²) >= 11 is 0.889. The third-order valence-electron chi connectivity index (χ3n) is 3.26. The zero-order valence-electron chi connectivity index (χ0n) is 13.6. The van der Waals surface area contributed by atoms with Crippen molar-refractivity contribution in [2.75, 3.05) is 11.9 Å². The summed E-state index contributed by atoms with van der Waals surface area (Å²) in [5.41, 5.74) is 0.0300. The van der Waals surface area contributed by atoms with Crippen molar-refractivity contribution in [2.24, 2.45) is 0 Å². The maximum atomic E-state index is 12.8. The van der Waals surface area contributed by atoms with Crippen LogP contribution in [0.4, 0.5) is 13.8 Å². The molecule has 25 heavy (non-hydrogen) atoms. The normalized spacial score (nSPS) is 10.8. The van der Waals surface area contributed by atoms with Crippen LogP contribution in [0.25, 0.3) is 0 Å². The molecule has 2 aromatic rings. The first-order valence-corrected chi connectivity index (χ1v) is 8.04. The Hall–Kier alpha value is -2.62. The van der Waals surface area contributed by atoms with Crippen LogP contribution in [0.5, 0.6) is 0 Å². The van der Waals surface area contributed by atoms with E-state index in [2.05, 4.69) is 10.4 Å². The summed E-state index contributed by atoms with van der Waals surface area (Å²) in [7, 11) is 0. The number of alkyl halides is 2. The SMILES string of the molecule is CCOC(=O)c1c(NC(=O)c2ccnn2C(F)F)sc(C(C)=O)c1C. The van der Waals surface area contributed by atoms with Gasteiger partial charge in [-0.05, 0) is 32.4 Å². The maximum absolute atomic E-state index is 12.8. The third-order valence-corrected chi connectivity index (χ3v) is 4.57. The van der Waals surface area contributed by atoms with Crippen molar-refractivity contribution in [2.45, 2.75) is 27.3 Å². The van der Waals surface area contributed by atoms with Gasteiger partial charge in [0.2, 0.25) is 0 Å². The van der Waals surface area contributed by atoms with Gasteiger partial charge in [0.15, 0.2) is 5.78 Å². The van der Waals surface area contributed by atoms with Gasteiger partial charge in [-0.2, -0.15) is 18.6 Å². The highest BCUT2D eigenvalue weighted by Crippen LogP contribution is 2.34. The minimum absolute atomic E-state index is 0.0357. The summed E-state index contributed by atoms with van der Waals surface area (Å²) < 4.78 is 30.9. The molecule has 2 aromatic heterocycles. The van der Waals surface area contributed by atoms with E-state index in [1.165, 1.54) is 6.92 Å². The van der Waals surface area contributed by atoms with E-state index in [0.29, 0.717) is 5.56 Å². The van der Waals surface area contributed by atoms with Gasteiger partial charge in [-0.15, -0.1) is 11.3 Å². The number of hydrogen-bond donors (Lipinski definition) is 1. The Balaban J connectivity index is 2.42. The number of rotatable bonds is 6. The quantitative estimate of drug-likeness (QED) is 0.622. The largest absolute Gasteiger partial charge is 0.462 e. The number of nitrogens with one attached hydrogen (secondary N) is 1. The fraction of sp³-hybridized carbons (Fsp3) is 0.333. The molecule has 1 N–H and O–H groups in total. The van der Waals surface area contributed by atoms with Gasteiger partial charge in [0.1, 0.15) is 10.7 Å². The van der Waals surface area contributed by atoms with Gasteiger partial charge in [0.25, 0.3) is 5.91 Å². The van der Waals surface area contributed by atoms with Gasteiger partial charge in [-0.25, -0.2) is 4.79 Å². The Morgan fingerprint density at radius 2 is 2.08 bits per heavy atom. The molecule has 0 aliphatic rings. The van der Waals surface area contributed by atoms with E-state index in [9.17, 15) is 23.2 Å². The topological polar surface area (TPSA) is 90.3 Å². The van der Waals surface area contributed by atoms with E-state index in [1.807, 2.05) is 0 Å². The fourth-order valence-corrected chi connectivity index (χ4v) is 3.29. The highest BCUT2D eigenvalue weighted by molar-refractivity contribution is 7.18. The van der Waals surface area contributed by atoms with E-state index in [4.69, 9.17) is 4.74 Å². The number of nitrogens with zero attached hydrogens (tertiary/aromatic N) is 2. The van der Waals surface area contributed by atoms with Crippen LogP contribution in [0.3, 0.4) is 0 Å². The van der Waals surface area contributed by atoms with Gasteiger partial charge in [-0.1, -0.05) is 0 Å². The standard InChI is InChI=1S/C15H15F2N3O4S/c1-4-24-14(23)10-7(2)11(8(3)21)25-13(10)19-12(22)9-5-6-18-20(9)15(16)17/h5-6,15H,4H2,1-3H3,(H,19,22). The van der Waals surface area contributed by atoms with Gasteiger partial charge < -0.3 is 10.1 Å². The number of ether oxygens (including phenoxy) is 1. The number of carbonyl (C=O) groups excluding carboxylic acids is 3. The molecule has 0 unspecified atom stereocenters. The Bertz CT molecular complexity index is 829. The lowest BCUT2D eigenvalue weighted by molar-refractivity contribution is 0.0516. The number of Topliss-reactive ketones (excluding diaryl/α,β-unsaturated/α-hetero) is 1. The average molecular weight is 371 g/mol. The average Bonchev–Trinajstić information content (AvgIpc) is 3.12. The molecule has 0 radical (unpaired) electrons. The number of hydrogen-bond acceptors (Lipinski definition) is 6. The molecule has 0 fully saturated rings. The first kappa shape index (κ1) is 18.7.